The van der Waals surface area contributed by atoms with E-state index < -0.39 is 0 Å². The number of aryl methyl sites for hydroxylation is 3. The Morgan fingerprint density at radius 1 is 0.354 bits per heavy atom. The van der Waals surface area contributed by atoms with Crippen LogP contribution in [0.1, 0.15) is 16.7 Å². The second kappa shape index (κ2) is 16.7. The second-order valence-electron chi connectivity index (χ2n) is 16.9. The summed E-state index contributed by atoms with van der Waals surface area (Å²) >= 11 is 0. The van der Waals surface area contributed by atoms with E-state index in [0.717, 1.165) is 56.7 Å². The zero-order valence-electron chi connectivity index (χ0n) is 36.7. The van der Waals surface area contributed by atoms with Crippen LogP contribution in [0.4, 0.5) is 17.1 Å². The molecule has 0 spiro atoms. The summed E-state index contributed by atoms with van der Waals surface area (Å²) in [6, 6.07) is 80.4. The first-order valence-electron chi connectivity index (χ1n) is 22.2. The third-order valence-corrected chi connectivity index (χ3v) is 12.4. The van der Waals surface area contributed by atoms with Crippen molar-refractivity contribution in [3.05, 3.63) is 241 Å². The summed E-state index contributed by atoms with van der Waals surface area (Å²) in [4.78, 5) is 12.5. The fraction of sp³-hybridized carbons (Fsp3) is 0.0492. The number of benzene rings is 9. The van der Waals surface area contributed by atoms with Crippen molar-refractivity contribution in [2.75, 3.05) is 4.90 Å². The van der Waals surface area contributed by atoms with Crippen LogP contribution in [0.2, 0.25) is 0 Å². The normalized spacial score (nSPS) is 11.3. The lowest BCUT2D eigenvalue weighted by atomic mass is 9.95. The maximum atomic E-state index is 5.12. The van der Waals surface area contributed by atoms with E-state index in [4.69, 9.17) is 9.97 Å². The molecule has 0 unspecified atom stereocenters. The molecule has 4 heteroatoms. The Morgan fingerprint density at radius 3 is 1.54 bits per heavy atom. The highest BCUT2D eigenvalue weighted by Gasteiger charge is 2.18. The van der Waals surface area contributed by atoms with Crippen molar-refractivity contribution in [2.45, 2.75) is 20.8 Å². The predicted octanol–water partition coefficient (Wildman–Crippen LogP) is 16.3. The van der Waals surface area contributed by atoms with Crippen molar-refractivity contribution < 1.29 is 0 Å². The molecule has 11 aromatic rings. The molecule has 0 N–H and O–H groups in total. The lowest BCUT2D eigenvalue weighted by molar-refractivity contribution is 1.18. The second-order valence-corrected chi connectivity index (χ2v) is 16.9. The van der Waals surface area contributed by atoms with Gasteiger partial charge in [0.05, 0.1) is 22.4 Å². The van der Waals surface area contributed by atoms with Crippen LogP contribution >= 0.6 is 0 Å². The Morgan fingerprint density at radius 2 is 0.892 bits per heavy atom. The van der Waals surface area contributed by atoms with Gasteiger partial charge < -0.3 is 9.47 Å². The Labute approximate surface area is 380 Å². The number of fused-ring (bicyclic) bond motifs is 3. The van der Waals surface area contributed by atoms with Crippen molar-refractivity contribution in [3.8, 4) is 61.8 Å². The van der Waals surface area contributed by atoms with E-state index in [1.54, 1.807) is 0 Å². The molecule has 0 amide bonds. The smallest absolute Gasteiger partial charge is 0.160 e. The minimum absolute atomic E-state index is 0.729. The zero-order valence-corrected chi connectivity index (χ0v) is 36.7. The van der Waals surface area contributed by atoms with Gasteiger partial charge in [-0.15, -0.1) is 0 Å². The predicted molar refractivity (Wildman–Crippen MR) is 272 cm³/mol. The highest BCUT2D eigenvalue weighted by molar-refractivity contribution is 6.10. The molecule has 0 bridgehead atoms. The van der Waals surface area contributed by atoms with Crippen molar-refractivity contribution in [1.29, 1.82) is 0 Å². The van der Waals surface area contributed by atoms with Crippen LogP contribution in [0.3, 0.4) is 0 Å². The van der Waals surface area contributed by atoms with Crippen molar-refractivity contribution in [2.24, 2.45) is 0 Å². The Bertz CT molecular complexity index is 3390. The topological polar surface area (TPSA) is 34.0 Å². The van der Waals surface area contributed by atoms with Crippen LogP contribution in [-0.4, -0.2) is 14.5 Å². The molecule has 0 saturated heterocycles. The summed E-state index contributed by atoms with van der Waals surface area (Å²) < 4.78 is 2.39. The molecule has 0 fully saturated rings. The maximum absolute atomic E-state index is 5.12. The molecule has 0 radical (unpaired) electrons. The average Bonchev–Trinajstić information content (AvgIpc) is 3.68. The Kier molecular flexibility index (Phi) is 10.2. The summed E-state index contributed by atoms with van der Waals surface area (Å²) in [5.74, 6) is 0.729. The van der Waals surface area contributed by atoms with Gasteiger partial charge in [-0.25, -0.2) is 9.97 Å². The van der Waals surface area contributed by atoms with E-state index in [2.05, 4.69) is 255 Å². The number of hydrogen-bond acceptors (Lipinski definition) is 3. The first-order valence-corrected chi connectivity index (χ1v) is 22.2. The lowest BCUT2D eigenvalue weighted by Crippen LogP contribution is -2.09. The molecule has 4 nitrogen and oxygen atoms in total. The molecular weight excluding hydrogens is 789 g/mol. The average molecular weight is 835 g/mol. The molecule has 0 atom stereocenters. The Hall–Kier alpha value is -8.34. The monoisotopic (exact) mass is 834 g/mol. The summed E-state index contributed by atoms with van der Waals surface area (Å²) in [5.41, 5.74) is 20.2. The number of para-hydroxylation sites is 3. The van der Waals surface area contributed by atoms with Gasteiger partial charge >= 0.3 is 0 Å². The fourth-order valence-corrected chi connectivity index (χ4v) is 9.23. The molecule has 310 valence electrons. The summed E-state index contributed by atoms with van der Waals surface area (Å²) in [5, 5.41) is 2.44. The van der Waals surface area contributed by atoms with Gasteiger partial charge in [-0.05, 0) is 134 Å². The first-order chi connectivity index (χ1) is 31.9. The van der Waals surface area contributed by atoms with Gasteiger partial charge in [0.25, 0.3) is 0 Å². The number of nitrogens with zero attached hydrogens (tertiary/aromatic N) is 4. The molecule has 9 aromatic carbocycles. The van der Waals surface area contributed by atoms with Gasteiger partial charge in [0.15, 0.2) is 5.82 Å². The van der Waals surface area contributed by atoms with Crippen LogP contribution in [0.5, 0.6) is 0 Å². The molecule has 0 aliphatic rings. The molecule has 0 aliphatic carbocycles. The minimum Gasteiger partial charge on any atom is -0.310 e. The number of rotatable bonds is 9. The fourth-order valence-electron chi connectivity index (χ4n) is 9.23. The number of hydrogen-bond donors (Lipinski definition) is 0. The van der Waals surface area contributed by atoms with Gasteiger partial charge in [-0.1, -0.05) is 151 Å². The molecule has 65 heavy (non-hydrogen) atoms. The molecule has 0 aliphatic heterocycles. The van der Waals surface area contributed by atoms with Crippen LogP contribution in [0.15, 0.2) is 224 Å². The van der Waals surface area contributed by atoms with Crippen LogP contribution in [-0.2, 0) is 0 Å². The van der Waals surface area contributed by atoms with Crippen molar-refractivity contribution >= 4 is 38.9 Å². The summed E-state index contributed by atoms with van der Waals surface area (Å²) in [6.07, 6.45) is 0. The molecule has 2 heterocycles. The summed E-state index contributed by atoms with van der Waals surface area (Å²) in [7, 11) is 0. The first kappa shape index (κ1) is 39.5. The lowest BCUT2D eigenvalue weighted by Gasteiger charge is -2.25. The molecule has 11 rings (SSSR count). The van der Waals surface area contributed by atoms with E-state index in [-0.39, 0.29) is 0 Å². The zero-order chi connectivity index (χ0) is 43.9. The molecule has 0 saturated carbocycles. The summed E-state index contributed by atoms with van der Waals surface area (Å²) in [6.45, 7) is 6.41. The van der Waals surface area contributed by atoms with E-state index >= 15 is 0 Å². The van der Waals surface area contributed by atoms with E-state index in [0.29, 0.717) is 0 Å². The highest BCUT2D eigenvalue weighted by atomic mass is 15.1. The molecular formula is C61H46N4. The van der Waals surface area contributed by atoms with E-state index in [1.807, 2.05) is 0 Å². The van der Waals surface area contributed by atoms with E-state index in [1.165, 1.54) is 60.8 Å². The van der Waals surface area contributed by atoms with Crippen LogP contribution in [0.25, 0.3) is 83.6 Å². The SMILES string of the molecule is Cc1cccc(-c2cc(-c3ccc(-c4ccc(-c5ccc(-n6c7ccccc7c7cc(N(c8ccccc8)c8ccccc8)ccc76)cc5)cc4)c(C)c3)nc(-c3cccc(C)c3)n2)c1. The van der Waals surface area contributed by atoms with Crippen LogP contribution < -0.4 is 4.90 Å². The van der Waals surface area contributed by atoms with Gasteiger partial charge in [0, 0.05) is 50.2 Å². The standard InChI is InChI=1S/C61H46N4/c1-41-14-12-16-47(36-41)57-40-58(63-61(62-57)49-17-13-15-42(2)37-49)48-30-34-54(43(3)38-48)46-26-24-44(25-27-46)45-28-31-52(32-29-45)65-59-23-11-10-22-55(59)56-39-53(33-35-60(56)65)64(50-18-6-4-7-19-50)51-20-8-5-9-21-51/h4-40H,1-3H3. The van der Waals surface area contributed by atoms with Gasteiger partial charge in [-0.3, -0.25) is 0 Å². The quantitative estimate of drug-likeness (QED) is 0.145. The van der Waals surface area contributed by atoms with Gasteiger partial charge in [0.2, 0.25) is 0 Å². The molecule has 2 aromatic heterocycles. The third-order valence-electron chi connectivity index (χ3n) is 12.4. The third kappa shape index (κ3) is 7.66. The van der Waals surface area contributed by atoms with Gasteiger partial charge in [-0.2, -0.15) is 0 Å². The Balaban J connectivity index is 0.885. The highest BCUT2D eigenvalue weighted by Crippen LogP contribution is 2.40. The van der Waals surface area contributed by atoms with E-state index in [9.17, 15) is 0 Å². The number of anilines is 3. The van der Waals surface area contributed by atoms with Gasteiger partial charge in [0.1, 0.15) is 0 Å². The van der Waals surface area contributed by atoms with Crippen molar-refractivity contribution in [3.63, 3.8) is 0 Å². The number of aromatic nitrogens is 3. The minimum atomic E-state index is 0.729. The van der Waals surface area contributed by atoms with Crippen LogP contribution in [0, 0.1) is 20.8 Å². The maximum Gasteiger partial charge on any atom is 0.160 e. The largest absolute Gasteiger partial charge is 0.310 e. The van der Waals surface area contributed by atoms with Crippen molar-refractivity contribution in [1.82, 2.24) is 14.5 Å².